The monoisotopic (exact) mass is 1100 g/mol. The zero-order valence-corrected chi connectivity index (χ0v) is 44.6. The Labute approximate surface area is 421 Å². The standard InChI is InChI=1S/C48H43N2OSi.C14H15N2.Ir/c1-29(2)38-24-32(31-16-9-8-10-17-31)25-39(30(3)4)46(38)50-43-23-14-13-22-42(43)49-48(50)37-21-15-20-36-41-26-33-27-45(52(5,6)7)35-19-12-11-18-34(35)40(33)28-44(41)51-47(36)37;1-14(2,3)13-9-12(15-10-16-13)11-7-5-4-6-8-11;/h8-20,22-30H,1-7H3;4-7,9-10H,1-3H3;/q2*-1;. The van der Waals surface area contributed by atoms with E-state index in [1.807, 2.05) is 36.4 Å². The van der Waals surface area contributed by atoms with E-state index >= 15 is 0 Å². The molecule has 0 aliphatic carbocycles. The number of nitrogens with zero attached hydrogens (tertiary/aromatic N) is 4. The summed E-state index contributed by atoms with van der Waals surface area (Å²) in [7, 11) is -1.62. The van der Waals surface area contributed by atoms with Crippen LogP contribution in [0.5, 0.6) is 0 Å². The van der Waals surface area contributed by atoms with Crippen molar-refractivity contribution in [2.75, 3.05) is 0 Å². The van der Waals surface area contributed by atoms with Crippen LogP contribution in [-0.4, -0.2) is 27.6 Å². The molecule has 0 saturated heterocycles. The quantitative estimate of drug-likeness (QED) is 0.0907. The second-order valence-corrected chi connectivity index (χ2v) is 25.8. The topological polar surface area (TPSA) is 56.7 Å². The molecule has 1 radical (unpaired) electrons. The van der Waals surface area contributed by atoms with Gasteiger partial charge in [0.1, 0.15) is 11.9 Å². The van der Waals surface area contributed by atoms with Crippen LogP contribution in [0.1, 0.15) is 77.1 Å². The van der Waals surface area contributed by atoms with Crippen molar-refractivity contribution >= 4 is 67.8 Å². The normalized spacial score (nSPS) is 12.1. The number of hydrogen-bond donors (Lipinski definition) is 0. The van der Waals surface area contributed by atoms with Gasteiger partial charge < -0.3 is 8.98 Å². The van der Waals surface area contributed by atoms with E-state index in [0.29, 0.717) is 0 Å². The summed E-state index contributed by atoms with van der Waals surface area (Å²) in [6.45, 7) is 22.9. The van der Waals surface area contributed by atoms with Crippen LogP contribution in [0.15, 0.2) is 162 Å². The molecular formula is C62H58IrN4OSi-2. The molecule has 3 aromatic heterocycles. The van der Waals surface area contributed by atoms with E-state index in [0.717, 1.165) is 61.3 Å². The SMILES string of the molecule is CC(C)(C)c1cc(-c2[c-]cccc2)ncn1.CC(C)c1cc(-c2ccccc2)cc(C(C)C)c1-n1c(-c2[c-]ccc3c2oc2cc4c(cc([Si](C)(C)C)c5ccccc54)cc23)nc2ccccc21.[Ir]. The van der Waals surface area contributed by atoms with Crippen molar-refractivity contribution < 1.29 is 24.5 Å². The molecule has 0 amide bonds. The van der Waals surface area contributed by atoms with E-state index in [4.69, 9.17) is 9.40 Å². The van der Waals surface area contributed by atoms with Crippen LogP contribution in [0, 0.1) is 12.1 Å². The molecular weight excluding hydrogens is 1040 g/mol. The Morgan fingerprint density at radius 1 is 0.609 bits per heavy atom. The molecule has 7 heteroatoms. The van der Waals surface area contributed by atoms with Crippen molar-refractivity contribution in [1.82, 2.24) is 19.5 Å². The Kier molecular flexibility index (Phi) is 12.9. The van der Waals surface area contributed by atoms with Gasteiger partial charge in [0, 0.05) is 42.3 Å². The van der Waals surface area contributed by atoms with Gasteiger partial charge in [-0.15, -0.1) is 54.1 Å². The number of hydrogen-bond acceptors (Lipinski definition) is 4. The van der Waals surface area contributed by atoms with Gasteiger partial charge in [0.2, 0.25) is 0 Å². The predicted octanol–water partition coefficient (Wildman–Crippen LogP) is 16.4. The number of fused-ring (bicyclic) bond motifs is 7. The first-order chi connectivity index (χ1) is 32.7. The van der Waals surface area contributed by atoms with Gasteiger partial charge in [-0.2, -0.15) is 0 Å². The molecule has 0 N–H and O–H groups in total. The minimum absolute atomic E-state index is 0. The van der Waals surface area contributed by atoms with Crippen LogP contribution < -0.4 is 5.19 Å². The van der Waals surface area contributed by atoms with Gasteiger partial charge in [0.05, 0.1) is 30.5 Å². The maximum Gasteiger partial charge on any atom is 0.121 e. The van der Waals surface area contributed by atoms with Crippen LogP contribution in [0.4, 0.5) is 0 Å². The van der Waals surface area contributed by atoms with Crippen LogP contribution in [0.25, 0.3) is 94.0 Å². The minimum Gasteiger partial charge on any atom is -0.501 e. The van der Waals surface area contributed by atoms with Crippen molar-refractivity contribution in [3.8, 4) is 39.5 Å². The molecule has 11 rings (SSSR count). The largest absolute Gasteiger partial charge is 0.501 e. The number of benzene rings is 8. The third-order valence-corrected chi connectivity index (χ3v) is 15.2. The van der Waals surface area contributed by atoms with Gasteiger partial charge in [-0.3, -0.25) is 9.97 Å². The summed E-state index contributed by atoms with van der Waals surface area (Å²) >= 11 is 0. The molecule has 0 spiro atoms. The Hall–Kier alpha value is -6.50. The van der Waals surface area contributed by atoms with Gasteiger partial charge >= 0.3 is 0 Å². The zero-order chi connectivity index (χ0) is 47.5. The first-order valence-corrected chi connectivity index (χ1v) is 27.4. The van der Waals surface area contributed by atoms with Gasteiger partial charge in [-0.25, -0.2) is 4.98 Å². The summed E-state index contributed by atoms with van der Waals surface area (Å²) in [5, 5.41) is 8.82. The minimum atomic E-state index is -1.62. The fourth-order valence-corrected chi connectivity index (χ4v) is 11.2. The first-order valence-electron chi connectivity index (χ1n) is 23.9. The van der Waals surface area contributed by atoms with Crippen molar-refractivity contribution in [3.05, 3.63) is 187 Å². The van der Waals surface area contributed by atoms with Crippen molar-refractivity contribution in [2.24, 2.45) is 0 Å². The average molecular weight is 1100 g/mol. The molecule has 69 heavy (non-hydrogen) atoms. The third-order valence-electron chi connectivity index (χ3n) is 13.2. The van der Waals surface area contributed by atoms with Crippen LogP contribution in [-0.2, 0) is 25.5 Å². The van der Waals surface area contributed by atoms with Crippen LogP contribution in [0.3, 0.4) is 0 Å². The molecule has 0 atom stereocenters. The van der Waals surface area contributed by atoms with E-state index < -0.39 is 8.07 Å². The molecule has 0 unspecified atom stereocenters. The number of para-hydroxylation sites is 2. The van der Waals surface area contributed by atoms with Gasteiger partial charge in [-0.1, -0.05) is 163 Å². The van der Waals surface area contributed by atoms with Crippen molar-refractivity contribution in [1.29, 1.82) is 0 Å². The number of aromatic nitrogens is 4. The number of imidazole rings is 1. The summed E-state index contributed by atoms with van der Waals surface area (Å²) in [6.07, 6.45) is 1.62. The Balaban J connectivity index is 0.000000296. The van der Waals surface area contributed by atoms with Gasteiger partial charge in [-0.05, 0) is 97.7 Å². The first kappa shape index (κ1) is 47.6. The summed E-state index contributed by atoms with van der Waals surface area (Å²) in [4.78, 5) is 14.0. The molecule has 11 aromatic rings. The Morgan fingerprint density at radius 3 is 1.97 bits per heavy atom. The summed E-state index contributed by atoms with van der Waals surface area (Å²) in [6, 6.07) is 60.8. The summed E-state index contributed by atoms with van der Waals surface area (Å²) in [5.41, 5.74) is 13.9. The van der Waals surface area contributed by atoms with Crippen molar-refractivity contribution in [2.45, 2.75) is 85.4 Å². The maximum absolute atomic E-state index is 6.94. The van der Waals surface area contributed by atoms with Gasteiger partial charge in [0.25, 0.3) is 0 Å². The second kappa shape index (κ2) is 18.8. The van der Waals surface area contributed by atoms with Crippen molar-refractivity contribution in [3.63, 3.8) is 0 Å². The molecule has 347 valence electrons. The fourth-order valence-electron chi connectivity index (χ4n) is 9.63. The smallest absolute Gasteiger partial charge is 0.121 e. The van der Waals surface area contributed by atoms with E-state index in [1.165, 1.54) is 54.7 Å². The summed E-state index contributed by atoms with van der Waals surface area (Å²) in [5.74, 6) is 1.40. The third kappa shape index (κ3) is 9.00. The van der Waals surface area contributed by atoms with E-state index in [2.05, 4.69) is 210 Å². The number of rotatable bonds is 7. The molecule has 0 aliphatic heterocycles. The Morgan fingerprint density at radius 2 is 1.29 bits per heavy atom. The van der Waals surface area contributed by atoms with E-state index in [9.17, 15) is 0 Å². The molecule has 0 fully saturated rings. The molecule has 0 aliphatic rings. The van der Waals surface area contributed by atoms with E-state index in [1.54, 1.807) is 6.33 Å². The molecule has 8 aromatic carbocycles. The fraction of sp³-hybridized carbons (Fsp3) is 0.210. The number of furan rings is 1. The molecule has 3 heterocycles. The molecule has 0 saturated carbocycles. The van der Waals surface area contributed by atoms with E-state index in [-0.39, 0.29) is 37.4 Å². The molecule has 5 nitrogen and oxygen atoms in total. The Bertz CT molecular complexity index is 3620. The van der Waals surface area contributed by atoms with Crippen LogP contribution in [0.2, 0.25) is 19.6 Å². The maximum atomic E-state index is 6.94. The molecule has 0 bridgehead atoms. The average Bonchev–Trinajstić information content (AvgIpc) is 3.91. The second-order valence-electron chi connectivity index (χ2n) is 20.7. The zero-order valence-electron chi connectivity index (χ0n) is 41.2. The van der Waals surface area contributed by atoms with Gasteiger partial charge in [0.15, 0.2) is 0 Å². The summed E-state index contributed by atoms with van der Waals surface area (Å²) < 4.78 is 9.32. The predicted molar refractivity (Wildman–Crippen MR) is 289 cm³/mol. The van der Waals surface area contributed by atoms with Crippen LogP contribution >= 0.6 is 0 Å².